The molecule has 0 aromatic carbocycles. The van der Waals surface area contributed by atoms with Crippen LogP contribution in [-0.2, 0) is 9.78 Å². The molecule has 3 aliphatic rings. The number of allylic oxidation sites excluding steroid dienone is 2. The Morgan fingerprint density at radius 3 is 3.33 bits per heavy atom. The molecule has 1 spiro atoms. The van der Waals surface area contributed by atoms with Gasteiger partial charge in [0.05, 0.1) is 11.6 Å². The molecule has 1 fully saturated rings. The number of nitrogens with one attached hydrogen (secondary N) is 1. The fourth-order valence-electron chi connectivity index (χ4n) is 1.26. The molecule has 1 aliphatic carbocycles. The summed E-state index contributed by atoms with van der Waals surface area (Å²) < 4.78 is 3.07. The van der Waals surface area contributed by atoms with E-state index in [1.54, 1.807) is 11.9 Å². The number of fused-ring (bicyclic) bond motifs is 2. The Bertz CT molecular complexity index is 317. The van der Waals surface area contributed by atoms with Gasteiger partial charge in [-0.3, -0.25) is 4.99 Å². The van der Waals surface area contributed by atoms with Crippen LogP contribution in [0.4, 0.5) is 0 Å². The summed E-state index contributed by atoms with van der Waals surface area (Å²) in [6, 6.07) is 0. The summed E-state index contributed by atoms with van der Waals surface area (Å²) in [5.74, 6) is -0.640. The van der Waals surface area contributed by atoms with Crippen molar-refractivity contribution in [1.82, 2.24) is 4.72 Å². The summed E-state index contributed by atoms with van der Waals surface area (Å²) in [6.45, 7) is 0.611. The zero-order chi connectivity index (χ0) is 8.02. The third-order valence-electron chi connectivity index (χ3n) is 1.87. The monoisotopic (exact) mass is 182 g/mol. The summed E-state index contributed by atoms with van der Waals surface area (Å²) in [5, 5.41) is 0. The molecule has 62 valence electrons. The summed E-state index contributed by atoms with van der Waals surface area (Å²) in [4.78, 5) is 15.2. The smallest absolute Gasteiger partial charge is 0.266 e. The largest absolute Gasteiger partial charge is 0.295 e. The molecule has 3 rings (SSSR count). The van der Waals surface area contributed by atoms with Gasteiger partial charge in [-0.1, -0.05) is 6.08 Å². The van der Waals surface area contributed by atoms with Crippen LogP contribution in [0.15, 0.2) is 28.1 Å². The molecule has 12 heavy (non-hydrogen) atoms. The maximum atomic E-state index is 4.91. The molecule has 0 radical (unpaired) electrons. The van der Waals surface area contributed by atoms with E-state index in [-0.39, 0.29) is 0 Å². The second-order valence-corrected chi connectivity index (χ2v) is 3.57. The minimum absolute atomic E-state index is 0.611. The summed E-state index contributed by atoms with van der Waals surface area (Å²) >= 11 is 1.56. The van der Waals surface area contributed by atoms with E-state index in [1.165, 1.54) is 0 Å². The van der Waals surface area contributed by atoms with Gasteiger partial charge in [0, 0.05) is 0 Å². The molecule has 0 atom stereocenters. The van der Waals surface area contributed by atoms with Gasteiger partial charge in [-0.2, -0.15) is 9.78 Å². The maximum absolute atomic E-state index is 4.91. The van der Waals surface area contributed by atoms with Crippen molar-refractivity contribution >= 4 is 17.7 Å². The standard InChI is InChI=1S/C7H6N2O2S/c1-2-5-6(8-4-9-12-5)7(3-1)10-11-7/h1-3,9H,4H2. The molecule has 1 N–H and O–H groups in total. The van der Waals surface area contributed by atoms with Crippen LogP contribution >= 0.6 is 11.9 Å². The summed E-state index contributed by atoms with van der Waals surface area (Å²) in [6.07, 6.45) is 5.77. The Balaban J connectivity index is 2.09. The van der Waals surface area contributed by atoms with E-state index < -0.39 is 5.79 Å². The van der Waals surface area contributed by atoms with E-state index in [1.807, 2.05) is 18.2 Å². The number of nitrogens with zero attached hydrogens (tertiary/aromatic N) is 1. The van der Waals surface area contributed by atoms with Gasteiger partial charge in [0.25, 0.3) is 5.79 Å². The van der Waals surface area contributed by atoms with E-state index in [0.717, 1.165) is 10.6 Å². The molecule has 0 unspecified atom stereocenters. The third kappa shape index (κ3) is 0.818. The van der Waals surface area contributed by atoms with Crippen LogP contribution in [-0.4, -0.2) is 18.2 Å². The van der Waals surface area contributed by atoms with E-state index >= 15 is 0 Å². The van der Waals surface area contributed by atoms with E-state index in [4.69, 9.17) is 9.78 Å². The number of hydrogen-bond acceptors (Lipinski definition) is 5. The van der Waals surface area contributed by atoms with E-state index in [9.17, 15) is 0 Å². The predicted octanol–water partition coefficient (Wildman–Crippen LogP) is 0.748. The number of hydrogen-bond donors (Lipinski definition) is 1. The Morgan fingerprint density at radius 2 is 2.50 bits per heavy atom. The predicted molar refractivity (Wildman–Crippen MR) is 45.2 cm³/mol. The van der Waals surface area contributed by atoms with Gasteiger partial charge in [-0.25, -0.2) is 4.72 Å². The lowest BCUT2D eigenvalue weighted by molar-refractivity contribution is 0.0850. The normalized spacial score (nSPS) is 29.3. The minimum atomic E-state index is -0.640. The lowest BCUT2D eigenvalue weighted by Gasteiger charge is -2.18. The Hall–Kier alpha value is -0.620. The van der Waals surface area contributed by atoms with Gasteiger partial charge in [0.15, 0.2) is 0 Å². The molecule has 5 heteroatoms. The molecule has 0 saturated carbocycles. The van der Waals surface area contributed by atoms with Gasteiger partial charge in [-0.15, -0.1) is 0 Å². The zero-order valence-corrected chi connectivity index (χ0v) is 6.93. The molecule has 0 aromatic heterocycles. The lowest BCUT2D eigenvalue weighted by atomic mass is 10.1. The van der Waals surface area contributed by atoms with Crippen LogP contribution < -0.4 is 4.72 Å². The second kappa shape index (κ2) is 2.20. The Kier molecular flexibility index (Phi) is 1.25. The van der Waals surface area contributed by atoms with Crippen LogP contribution in [0.25, 0.3) is 0 Å². The minimum Gasteiger partial charge on any atom is -0.266 e. The first kappa shape index (κ1) is 6.85. The Morgan fingerprint density at radius 1 is 1.58 bits per heavy atom. The highest BCUT2D eigenvalue weighted by atomic mass is 32.2. The van der Waals surface area contributed by atoms with Crippen LogP contribution in [0.1, 0.15) is 0 Å². The van der Waals surface area contributed by atoms with Crippen molar-refractivity contribution in [3.63, 3.8) is 0 Å². The van der Waals surface area contributed by atoms with Crippen LogP contribution in [0.5, 0.6) is 0 Å². The van der Waals surface area contributed by atoms with Crippen molar-refractivity contribution in [2.24, 2.45) is 4.99 Å². The van der Waals surface area contributed by atoms with Gasteiger partial charge in [-0.05, 0) is 24.1 Å². The molecular formula is C7H6N2O2S. The Labute approximate surface area is 73.4 Å². The van der Waals surface area contributed by atoms with Gasteiger partial charge >= 0.3 is 0 Å². The first-order valence-corrected chi connectivity index (χ1v) is 4.44. The summed E-state index contributed by atoms with van der Waals surface area (Å²) in [5.41, 5.74) is 0.883. The highest BCUT2D eigenvalue weighted by molar-refractivity contribution is 8.02. The van der Waals surface area contributed by atoms with E-state index in [2.05, 4.69) is 9.71 Å². The average Bonchev–Trinajstić information content (AvgIpc) is 2.87. The van der Waals surface area contributed by atoms with Crippen molar-refractivity contribution < 1.29 is 9.78 Å². The third-order valence-corrected chi connectivity index (χ3v) is 2.70. The van der Waals surface area contributed by atoms with Crippen molar-refractivity contribution in [2.75, 3.05) is 6.67 Å². The fraction of sp³-hybridized carbons (Fsp3) is 0.286. The first-order valence-electron chi connectivity index (χ1n) is 3.62. The average molecular weight is 182 g/mol. The molecule has 4 nitrogen and oxygen atoms in total. The SMILES string of the molecule is C1=CC2(OO2)C2=NCNSC2=C1. The van der Waals surface area contributed by atoms with Crippen LogP contribution in [0, 0.1) is 0 Å². The molecule has 2 aliphatic heterocycles. The van der Waals surface area contributed by atoms with Crippen molar-refractivity contribution in [3.8, 4) is 0 Å². The molecule has 0 aromatic rings. The molecule has 1 saturated heterocycles. The molecular weight excluding hydrogens is 176 g/mol. The highest BCUT2D eigenvalue weighted by Crippen LogP contribution is 2.41. The number of aliphatic imine (C=N–C) groups is 1. The van der Waals surface area contributed by atoms with Crippen LogP contribution in [0.2, 0.25) is 0 Å². The fourth-order valence-corrected chi connectivity index (χ4v) is 2.00. The highest BCUT2D eigenvalue weighted by Gasteiger charge is 2.54. The van der Waals surface area contributed by atoms with Crippen LogP contribution in [0.3, 0.4) is 0 Å². The van der Waals surface area contributed by atoms with E-state index in [0.29, 0.717) is 6.67 Å². The second-order valence-electron chi connectivity index (χ2n) is 2.64. The summed E-state index contributed by atoms with van der Waals surface area (Å²) in [7, 11) is 0. The molecule has 0 amide bonds. The van der Waals surface area contributed by atoms with Crippen molar-refractivity contribution in [3.05, 3.63) is 23.1 Å². The number of rotatable bonds is 0. The van der Waals surface area contributed by atoms with Gasteiger partial charge in [0.1, 0.15) is 5.71 Å². The van der Waals surface area contributed by atoms with Gasteiger partial charge in [0.2, 0.25) is 0 Å². The molecule has 0 bridgehead atoms. The van der Waals surface area contributed by atoms with Crippen molar-refractivity contribution in [1.29, 1.82) is 0 Å². The topological polar surface area (TPSA) is 49.5 Å². The zero-order valence-electron chi connectivity index (χ0n) is 6.11. The maximum Gasteiger partial charge on any atom is 0.295 e. The molecule has 2 heterocycles. The van der Waals surface area contributed by atoms with Crippen molar-refractivity contribution in [2.45, 2.75) is 5.79 Å². The first-order chi connectivity index (χ1) is 5.91. The quantitative estimate of drug-likeness (QED) is 0.341. The lowest BCUT2D eigenvalue weighted by Crippen LogP contribution is -2.30. The van der Waals surface area contributed by atoms with Gasteiger partial charge < -0.3 is 0 Å².